The van der Waals surface area contributed by atoms with Crippen LogP contribution in [-0.4, -0.2) is 25.3 Å². The summed E-state index contributed by atoms with van der Waals surface area (Å²) in [6.07, 6.45) is 0.812. The molecule has 0 aliphatic heterocycles. The number of hydrogen-bond donors (Lipinski definition) is 1. The molecule has 1 aromatic rings. The van der Waals surface area contributed by atoms with Crippen LogP contribution in [0.1, 0.15) is 12.0 Å². The number of aryl methyl sites for hydroxylation is 1. The second-order valence-electron chi connectivity index (χ2n) is 3.43. The Hall–Kier alpha value is -0.540. The SMILES string of the molecule is Cc1cc(Br)ccc1N(C)CCCO. The quantitative estimate of drug-likeness (QED) is 0.897. The average Bonchev–Trinajstić information content (AvgIpc) is 2.14. The molecule has 14 heavy (non-hydrogen) atoms. The lowest BCUT2D eigenvalue weighted by Gasteiger charge is -2.21. The number of anilines is 1. The van der Waals surface area contributed by atoms with Crippen molar-refractivity contribution < 1.29 is 5.11 Å². The molecular formula is C11H16BrNO. The van der Waals surface area contributed by atoms with Gasteiger partial charge in [0.05, 0.1) is 0 Å². The van der Waals surface area contributed by atoms with Crippen LogP contribution in [0.5, 0.6) is 0 Å². The highest BCUT2D eigenvalue weighted by Crippen LogP contribution is 2.22. The Balaban J connectivity index is 2.74. The maximum atomic E-state index is 8.74. The highest BCUT2D eigenvalue weighted by Gasteiger charge is 2.03. The summed E-state index contributed by atoms with van der Waals surface area (Å²) in [6, 6.07) is 6.24. The Morgan fingerprint density at radius 1 is 1.43 bits per heavy atom. The number of rotatable bonds is 4. The van der Waals surface area contributed by atoms with Gasteiger partial charge in [0.2, 0.25) is 0 Å². The number of nitrogens with zero attached hydrogens (tertiary/aromatic N) is 1. The lowest BCUT2D eigenvalue weighted by atomic mass is 10.2. The van der Waals surface area contributed by atoms with E-state index < -0.39 is 0 Å². The molecule has 3 heteroatoms. The highest BCUT2D eigenvalue weighted by atomic mass is 79.9. The summed E-state index contributed by atoms with van der Waals surface area (Å²) in [5, 5.41) is 8.74. The zero-order valence-corrected chi connectivity index (χ0v) is 10.2. The molecule has 2 nitrogen and oxygen atoms in total. The summed E-state index contributed by atoms with van der Waals surface area (Å²) in [4.78, 5) is 2.16. The predicted octanol–water partition coefficient (Wildman–Crippen LogP) is 2.58. The highest BCUT2D eigenvalue weighted by molar-refractivity contribution is 9.10. The van der Waals surface area contributed by atoms with Gasteiger partial charge in [0.15, 0.2) is 0 Å². The van der Waals surface area contributed by atoms with E-state index >= 15 is 0 Å². The monoisotopic (exact) mass is 257 g/mol. The van der Waals surface area contributed by atoms with Crippen LogP contribution in [-0.2, 0) is 0 Å². The van der Waals surface area contributed by atoms with Crippen LogP contribution < -0.4 is 4.90 Å². The zero-order chi connectivity index (χ0) is 10.6. The third-order valence-corrected chi connectivity index (χ3v) is 2.71. The third kappa shape index (κ3) is 3.00. The maximum absolute atomic E-state index is 8.74. The molecule has 78 valence electrons. The van der Waals surface area contributed by atoms with Gasteiger partial charge in [-0.15, -0.1) is 0 Å². The fourth-order valence-corrected chi connectivity index (χ4v) is 1.95. The molecule has 0 heterocycles. The molecule has 0 spiro atoms. The molecule has 0 aliphatic carbocycles. The van der Waals surface area contributed by atoms with Crippen LogP contribution in [0.4, 0.5) is 5.69 Å². The van der Waals surface area contributed by atoms with Crippen molar-refractivity contribution >= 4 is 21.6 Å². The molecule has 0 unspecified atom stereocenters. The summed E-state index contributed by atoms with van der Waals surface area (Å²) >= 11 is 3.44. The van der Waals surface area contributed by atoms with Crippen LogP contribution in [0, 0.1) is 6.92 Å². The second-order valence-corrected chi connectivity index (χ2v) is 4.35. The van der Waals surface area contributed by atoms with Gasteiger partial charge in [-0.1, -0.05) is 15.9 Å². The summed E-state index contributed by atoms with van der Waals surface area (Å²) in [7, 11) is 2.05. The van der Waals surface area contributed by atoms with Crippen LogP contribution in [0.15, 0.2) is 22.7 Å². The molecule has 0 radical (unpaired) electrons. The molecule has 0 amide bonds. The van der Waals surface area contributed by atoms with E-state index in [1.54, 1.807) is 0 Å². The summed E-state index contributed by atoms with van der Waals surface area (Å²) < 4.78 is 1.11. The summed E-state index contributed by atoms with van der Waals surface area (Å²) in [5.74, 6) is 0. The first-order valence-electron chi connectivity index (χ1n) is 4.73. The Morgan fingerprint density at radius 2 is 2.14 bits per heavy atom. The topological polar surface area (TPSA) is 23.5 Å². The van der Waals surface area contributed by atoms with Gasteiger partial charge in [0.25, 0.3) is 0 Å². The van der Waals surface area contributed by atoms with Gasteiger partial charge >= 0.3 is 0 Å². The Morgan fingerprint density at radius 3 is 2.71 bits per heavy atom. The lowest BCUT2D eigenvalue weighted by Crippen LogP contribution is -2.20. The number of aliphatic hydroxyl groups is 1. The van der Waals surface area contributed by atoms with E-state index in [0.29, 0.717) is 0 Å². The summed E-state index contributed by atoms with van der Waals surface area (Å²) in [6.45, 7) is 3.23. The molecule has 1 N–H and O–H groups in total. The van der Waals surface area contributed by atoms with Crippen molar-refractivity contribution in [3.05, 3.63) is 28.2 Å². The standard InChI is InChI=1S/C11H16BrNO/c1-9-8-10(12)4-5-11(9)13(2)6-3-7-14/h4-5,8,14H,3,6-7H2,1-2H3. The average molecular weight is 258 g/mol. The second kappa shape index (κ2) is 5.37. The third-order valence-electron chi connectivity index (χ3n) is 2.22. The van der Waals surface area contributed by atoms with E-state index in [1.165, 1.54) is 11.3 Å². The lowest BCUT2D eigenvalue weighted by molar-refractivity contribution is 0.290. The Bertz CT molecular complexity index is 301. The molecule has 0 bridgehead atoms. The van der Waals surface area contributed by atoms with Crippen LogP contribution in [0.25, 0.3) is 0 Å². The number of halogens is 1. The van der Waals surface area contributed by atoms with E-state index in [9.17, 15) is 0 Å². The molecule has 0 aliphatic rings. The maximum Gasteiger partial charge on any atom is 0.0447 e. The van der Waals surface area contributed by atoms with E-state index in [0.717, 1.165) is 17.4 Å². The van der Waals surface area contributed by atoms with E-state index in [4.69, 9.17) is 5.11 Å². The fourth-order valence-electron chi connectivity index (χ4n) is 1.48. The van der Waals surface area contributed by atoms with Crippen molar-refractivity contribution in [1.29, 1.82) is 0 Å². The molecule has 0 saturated heterocycles. The van der Waals surface area contributed by atoms with Gasteiger partial charge in [-0.25, -0.2) is 0 Å². The molecule has 0 saturated carbocycles. The van der Waals surface area contributed by atoms with Crippen molar-refractivity contribution in [3.63, 3.8) is 0 Å². The minimum atomic E-state index is 0.250. The van der Waals surface area contributed by atoms with Crippen LogP contribution in [0.2, 0.25) is 0 Å². The Labute approximate surface area is 93.7 Å². The minimum Gasteiger partial charge on any atom is -0.396 e. The minimum absolute atomic E-state index is 0.250. The van der Waals surface area contributed by atoms with Gasteiger partial charge in [0.1, 0.15) is 0 Å². The number of aliphatic hydroxyl groups excluding tert-OH is 1. The first-order chi connectivity index (χ1) is 6.65. The molecule has 0 aromatic heterocycles. The van der Waals surface area contributed by atoms with Crippen molar-refractivity contribution in [1.82, 2.24) is 0 Å². The Kier molecular flexibility index (Phi) is 4.42. The van der Waals surface area contributed by atoms with Crippen molar-refractivity contribution in [3.8, 4) is 0 Å². The smallest absolute Gasteiger partial charge is 0.0447 e. The molecule has 1 aromatic carbocycles. The van der Waals surface area contributed by atoms with E-state index in [1.807, 2.05) is 13.1 Å². The van der Waals surface area contributed by atoms with Gasteiger partial charge in [-0.05, 0) is 37.1 Å². The molecule has 0 atom stereocenters. The van der Waals surface area contributed by atoms with Crippen molar-refractivity contribution in [2.75, 3.05) is 25.1 Å². The van der Waals surface area contributed by atoms with Gasteiger partial charge in [-0.2, -0.15) is 0 Å². The van der Waals surface area contributed by atoms with Gasteiger partial charge < -0.3 is 10.0 Å². The summed E-state index contributed by atoms with van der Waals surface area (Å²) in [5.41, 5.74) is 2.47. The molecule has 1 rings (SSSR count). The normalized spacial score (nSPS) is 10.3. The molecule has 0 fully saturated rings. The van der Waals surface area contributed by atoms with Crippen LogP contribution in [0.3, 0.4) is 0 Å². The number of hydrogen-bond acceptors (Lipinski definition) is 2. The first kappa shape index (κ1) is 11.5. The van der Waals surface area contributed by atoms with Crippen LogP contribution >= 0.6 is 15.9 Å². The predicted molar refractivity (Wildman–Crippen MR) is 63.9 cm³/mol. The fraction of sp³-hybridized carbons (Fsp3) is 0.455. The largest absolute Gasteiger partial charge is 0.396 e. The first-order valence-corrected chi connectivity index (χ1v) is 5.52. The van der Waals surface area contributed by atoms with E-state index in [-0.39, 0.29) is 6.61 Å². The van der Waals surface area contributed by atoms with Gasteiger partial charge in [-0.3, -0.25) is 0 Å². The zero-order valence-electron chi connectivity index (χ0n) is 8.63. The van der Waals surface area contributed by atoms with Gasteiger partial charge in [0, 0.05) is 30.4 Å². The number of benzene rings is 1. The van der Waals surface area contributed by atoms with Crippen molar-refractivity contribution in [2.45, 2.75) is 13.3 Å². The molecular weight excluding hydrogens is 242 g/mol. The van der Waals surface area contributed by atoms with Crippen molar-refractivity contribution in [2.24, 2.45) is 0 Å². The van der Waals surface area contributed by atoms with E-state index in [2.05, 4.69) is 39.9 Å².